The molecule has 2 aromatic carbocycles. The molecule has 2 N–H and O–H groups in total. The second kappa shape index (κ2) is 6.12. The van der Waals surface area contributed by atoms with Gasteiger partial charge in [0, 0.05) is 23.2 Å². The van der Waals surface area contributed by atoms with Gasteiger partial charge >= 0.3 is 0 Å². The average molecular weight is 315 g/mol. The van der Waals surface area contributed by atoms with Crippen LogP contribution in [-0.2, 0) is 6.54 Å². The van der Waals surface area contributed by atoms with Crippen molar-refractivity contribution >= 4 is 28.4 Å². The van der Waals surface area contributed by atoms with Gasteiger partial charge in [0.15, 0.2) is 0 Å². The number of rotatable bonds is 4. The van der Waals surface area contributed by atoms with E-state index in [1.165, 1.54) is 0 Å². The van der Waals surface area contributed by atoms with Crippen molar-refractivity contribution in [3.05, 3.63) is 64.8 Å². The highest BCUT2D eigenvalue weighted by atomic mass is 35.5. The Balaban J connectivity index is 1.81. The number of hydrogen-bond acceptors (Lipinski definition) is 2. The van der Waals surface area contributed by atoms with Gasteiger partial charge < -0.3 is 15.0 Å². The zero-order chi connectivity index (χ0) is 15.5. The van der Waals surface area contributed by atoms with Crippen molar-refractivity contribution < 1.29 is 9.53 Å². The minimum atomic E-state index is -0.139. The minimum absolute atomic E-state index is 0.139. The molecule has 0 saturated heterocycles. The lowest BCUT2D eigenvalue weighted by Gasteiger charge is -2.05. The lowest BCUT2D eigenvalue weighted by molar-refractivity contribution is 0.0952. The summed E-state index contributed by atoms with van der Waals surface area (Å²) in [6.45, 7) is 0.427. The number of halogens is 1. The molecule has 0 fully saturated rings. The van der Waals surface area contributed by atoms with Gasteiger partial charge in [0.05, 0.1) is 18.2 Å². The van der Waals surface area contributed by atoms with E-state index < -0.39 is 0 Å². The summed E-state index contributed by atoms with van der Waals surface area (Å²) < 4.78 is 5.29. The Labute approximate surface area is 133 Å². The summed E-state index contributed by atoms with van der Waals surface area (Å²) >= 11 is 5.94. The Hall–Kier alpha value is -2.46. The predicted octanol–water partition coefficient (Wildman–Crippen LogP) is 3.76. The predicted molar refractivity (Wildman–Crippen MR) is 87.5 cm³/mol. The Morgan fingerprint density at radius 2 is 2.09 bits per heavy atom. The van der Waals surface area contributed by atoms with E-state index in [4.69, 9.17) is 16.3 Å². The van der Waals surface area contributed by atoms with Crippen LogP contribution in [0.25, 0.3) is 10.9 Å². The molecule has 0 spiro atoms. The molecule has 0 aliphatic heterocycles. The first-order chi connectivity index (χ1) is 10.7. The molecule has 5 heteroatoms. The van der Waals surface area contributed by atoms with Gasteiger partial charge in [0.25, 0.3) is 5.91 Å². The first-order valence-corrected chi connectivity index (χ1v) is 7.23. The van der Waals surface area contributed by atoms with E-state index in [0.717, 1.165) is 16.5 Å². The van der Waals surface area contributed by atoms with Gasteiger partial charge in [0.2, 0.25) is 0 Å². The fraction of sp³-hybridized carbons (Fsp3) is 0.118. The van der Waals surface area contributed by atoms with Gasteiger partial charge in [-0.1, -0.05) is 35.9 Å². The molecule has 0 atom stereocenters. The van der Waals surface area contributed by atoms with Crippen molar-refractivity contribution in [3.8, 4) is 5.75 Å². The molecular weight excluding hydrogens is 300 g/mol. The van der Waals surface area contributed by atoms with Crippen LogP contribution in [0, 0.1) is 0 Å². The molecule has 4 nitrogen and oxygen atoms in total. The summed E-state index contributed by atoms with van der Waals surface area (Å²) in [6, 6.07) is 13.0. The Morgan fingerprint density at radius 1 is 1.27 bits per heavy atom. The first kappa shape index (κ1) is 14.5. The molecule has 3 rings (SSSR count). The molecule has 0 aliphatic rings. The molecule has 1 heterocycles. The molecule has 22 heavy (non-hydrogen) atoms. The SMILES string of the molecule is COc1cccc2c(C(=O)NCc3cccc(Cl)c3)c[nH]c12. The quantitative estimate of drug-likeness (QED) is 0.770. The molecule has 0 aliphatic carbocycles. The Kier molecular flexibility index (Phi) is 4.02. The Bertz CT molecular complexity index is 826. The highest BCUT2D eigenvalue weighted by Crippen LogP contribution is 2.26. The van der Waals surface area contributed by atoms with Crippen molar-refractivity contribution in [2.45, 2.75) is 6.54 Å². The zero-order valence-electron chi connectivity index (χ0n) is 12.0. The summed E-state index contributed by atoms with van der Waals surface area (Å²) in [5, 5.41) is 4.39. The molecule has 3 aromatic rings. The number of aromatic amines is 1. The van der Waals surface area contributed by atoms with Crippen LogP contribution in [0.5, 0.6) is 5.75 Å². The summed E-state index contributed by atoms with van der Waals surface area (Å²) in [7, 11) is 1.61. The van der Waals surface area contributed by atoms with Gasteiger partial charge in [-0.3, -0.25) is 4.79 Å². The average Bonchev–Trinajstić information content (AvgIpc) is 2.96. The maximum Gasteiger partial charge on any atom is 0.253 e. The third kappa shape index (κ3) is 2.78. The molecule has 112 valence electrons. The number of carbonyl (C=O) groups excluding carboxylic acids is 1. The fourth-order valence-electron chi connectivity index (χ4n) is 2.41. The van der Waals surface area contributed by atoms with Gasteiger partial charge in [-0.15, -0.1) is 0 Å². The number of amides is 1. The van der Waals surface area contributed by atoms with Gasteiger partial charge in [-0.2, -0.15) is 0 Å². The van der Waals surface area contributed by atoms with Crippen LogP contribution < -0.4 is 10.1 Å². The third-order valence-electron chi connectivity index (χ3n) is 3.48. The monoisotopic (exact) mass is 314 g/mol. The van der Waals surface area contributed by atoms with Crippen molar-refractivity contribution in [2.24, 2.45) is 0 Å². The largest absolute Gasteiger partial charge is 0.495 e. The number of carbonyl (C=O) groups is 1. The van der Waals surface area contributed by atoms with Crippen LogP contribution in [0.4, 0.5) is 0 Å². The maximum atomic E-state index is 12.4. The van der Waals surface area contributed by atoms with Crippen LogP contribution in [-0.4, -0.2) is 18.0 Å². The van der Waals surface area contributed by atoms with E-state index in [9.17, 15) is 4.79 Å². The number of H-pyrrole nitrogens is 1. The molecule has 0 radical (unpaired) electrons. The first-order valence-electron chi connectivity index (χ1n) is 6.86. The summed E-state index contributed by atoms with van der Waals surface area (Å²) in [4.78, 5) is 15.5. The fourth-order valence-corrected chi connectivity index (χ4v) is 2.62. The van der Waals surface area contributed by atoms with E-state index in [0.29, 0.717) is 22.9 Å². The van der Waals surface area contributed by atoms with Crippen molar-refractivity contribution in [2.75, 3.05) is 7.11 Å². The normalized spacial score (nSPS) is 10.6. The zero-order valence-corrected chi connectivity index (χ0v) is 12.8. The molecule has 0 bridgehead atoms. The summed E-state index contributed by atoms with van der Waals surface area (Å²) in [5.41, 5.74) is 2.37. The number of ether oxygens (including phenoxy) is 1. The van der Waals surface area contributed by atoms with Crippen LogP contribution in [0.15, 0.2) is 48.7 Å². The molecule has 1 aromatic heterocycles. The standard InChI is InChI=1S/C17H15ClN2O2/c1-22-15-7-3-6-13-14(10-19-16(13)15)17(21)20-9-11-4-2-5-12(18)8-11/h2-8,10,19H,9H2,1H3,(H,20,21). The van der Waals surface area contributed by atoms with Gasteiger partial charge in [-0.05, 0) is 23.8 Å². The molecule has 0 saturated carbocycles. The molecule has 0 unspecified atom stereocenters. The number of para-hydroxylation sites is 1. The maximum absolute atomic E-state index is 12.4. The smallest absolute Gasteiger partial charge is 0.253 e. The van der Waals surface area contributed by atoms with Gasteiger partial charge in [-0.25, -0.2) is 0 Å². The summed E-state index contributed by atoms with van der Waals surface area (Å²) in [6.07, 6.45) is 1.69. The second-order valence-corrected chi connectivity index (χ2v) is 5.33. The number of fused-ring (bicyclic) bond motifs is 1. The lowest BCUT2D eigenvalue weighted by atomic mass is 10.1. The number of nitrogens with one attached hydrogen (secondary N) is 2. The number of aromatic nitrogens is 1. The minimum Gasteiger partial charge on any atom is -0.495 e. The number of benzene rings is 2. The lowest BCUT2D eigenvalue weighted by Crippen LogP contribution is -2.22. The number of methoxy groups -OCH3 is 1. The van der Waals surface area contributed by atoms with E-state index in [1.807, 2.05) is 36.4 Å². The van der Waals surface area contributed by atoms with Crippen molar-refractivity contribution in [3.63, 3.8) is 0 Å². The van der Waals surface area contributed by atoms with E-state index in [-0.39, 0.29) is 5.91 Å². The van der Waals surface area contributed by atoms with Gasteiger partial charge in [0.1, 0.15) is 5.75 Å². The van der Waals surface area contributed by atoms with Crippen LogP contribution in [0.3, 0.4) is 0 Å². The van der Waals surface area contributed by atoms with Crippen LogP contribution >= 0.6 is 11.6 Å². The van der Waals surface area contributed by atoms with E-state index >= 15 is 0 Å². The highest BCUT2D eigenvalue weighted by Gasteiger charge is 2.13. The topological polar surface area (TPSA) is 54.1 Å². The highest BCUT2D eigenvalue weighted by molar-refractivity contribution is 6.30. The van der Waals surface area contributed by atoms with Crippen LogP contribution in [0.2, 0.25) is 5.02 Å². The van der Waals surface area contributed by atoms with Crippen LogP contribution in [0.1, 0.15) is 15.9 Å². The Morgan fingerprint density at radius 3 is 2.86 bits per heavy atom. The van der Waals surface area contributed by atoms with Crippen molar-refractivity contribution in [1.29, 1.82) is 0 Å². The van der Waals surface area contributed by atoms with E-state index in [1.54, 1.807) is 19.4 Å². The summed E-state index contributed by atoms with van der Waals surface area (Å²) in [5.74, 6) is 0.575. The molecule has 1 amide bonds. The van der Waals surface area contributed by atoms with Crippen molar-refractivity contribution in [1.82, 2.24) is 10.3 Å². The number of hydrogen-bond donors (Lipinski definition) is 2. The molecular formula is C17H15ClN2O2. The van der Waals surface area contributed by atoms with E-state index in [2.05, 4.69) is 10.3 Å². The third-order valence-corrected chi connectivity index (χ3v) is 3.72. The second-order valence-electron chi connectivity index (χ2n) is 4.90.